The average Bonchev–Trinajstić information content (AvgIpc) is 0.722. The molecule has 0 saturated carbocycles. The van der Waals surface area contributed by atoms with Gasteiger partial charge in [0.25, 0.3) is 0 Å². The Morgan fingerprint density at radius 1 is 1.50 bits per heavy atom. The number of halogens is 1. The zero-order valence-electron chi connectivity index (χ0n) is 2.71. The SMILES string of the molecule is O=P(O)(O)Cl.[La]. The second-order valence-electron chi connectivity index (χ2n) is 0.473. The van der Waals surface area contributed by atoms with Gasteiger partial charge in [0, 0.05) is 46.8 Å². The van der Waals surface area contributed by atoms with Crippen molar-refractivity contribution in [3.05, 3.63) is 0 Å². The molecule has 1 radical (unpaired) electrons. The van der Waals surface area contributed by atoms with Crippen LogP contribution in [0.3, 0.4) is 0 Å². The van der Waals surface area contributed by atoms with Gasteiger partial charge < -0.3 is 9.79 Å². The van der Waals surface area contributed by atoms with Gasteiger partial charge in [-0.15, -0.1) is 0 Å². The van der Waals surface area contributed by atoms with Gasteiger partial charge in [0.1, 0.15) is 0 Å². The van der Waals surface area contributed by atoms with Crippen LogP contribution in [0.4, 0.5) is 0 Å². The summed E-state index contributed by atoms with van der Waals surface area (Å²) in [7, 11) is 0. The summed E-state index contributed by atoms with van der Waals surface area (Å²) in [6, 6.07) is 0. The van der Waals surface area contributed by atoms with E-state index in [4.69, 9.17) is 14.4 Å². The monoisotopic (exact) mass is 255 g/mol. The Morgan fingerprint density at radius 3 is 1.50 bits per heavy atom. The summed E-state index contributed by atoms with van der Waals surface area (Å²) < 4.78 is 9.09. The Morgan fingerprint density at radius 2 is 1.50 bits per heavy atom. The number of hydrogen-bond donors (Lipinski definition) is 2. The first-order valence-electron chi connectivity index (χ1n) is 0.752. The third-order valence-corrected chi connectivity index (χ3v) is 0. The summed E-state index contributed by atoms with van der Waals surface area (Å²) in [6.45, 7) is -4.17. The van der Waals surface area contributed by atoms with Crippen LogP contribution in [0.25, 0.3) is 0 Å². The van der Waals surface area contributed by atoms with Gasteiger partial charge in [-0.25, -0.2) is 4.57 Å². The molecular formula is H2ClLaO3P. The molecule has 0 saturated heterocycles. The van der Waals surface area contributed by atoms with Crippen molar-refractivity contribution < 1.29 is 50.0 Å². The maximum Gasteiger partial charge on any atom is 0.419 e. The minimum atomic E-state index is -4.17. The van der Waals surface area contributed by atoms with E-state index < -0.39 is 6.95 Å². The summed E-state index contributed by atoms with van der Waals surface area (Å²) in [4.78, 5) is 14.8. The van der Waals surface area contributed by atoms with Crippen LogP contribution in [0.1, 0.15) is 0 Å². The summed E-state index contributed by atoms with van der Waals surface area (Å²) in [5.41, 5.74) is 0. The van der Waals surface area contributed by atoms with E-state index in [-0.39, 0.29) is 35.6 Å². The van der Waals surface area contributed by atoms with E-state index in [0.717, 1.165) is 0 Å². The zero-order chi connectivity index (χ0) is 4.50. The molecule has 0 bridgehead atoms. The predicted octanol–water partition coefficient (Wildman–Crippen LogP) is 0.318. The van der Waals surface area contributed by atoms with E-state index in [1.165, 1.54) is 0 Å². The van der Waals surface area contributed by atoms with Crippen LogP contribution < -0.4 is 0 Å². The average molecular weight is 255 g/mol. The van der Waals surface area contributed by atoms with E-state index in [2.05, 4.69) is 11.2 Å². The van der Waals surface area contributed by atoms with Crippen molar-refractivity contribution >= 4 is 18.2 Å². The van der Waals surface area contributed by atoms with E-state index in [1.54, 1.807) is 0 Å². The van der Waals surface area contributed by atoms with E-state index in [1.807, 2.05) is 0 Å². The van der Waals surface area contributed by atoms with Crippen molar-refractivity contribution in [2.45, 2.75) is 0 Å². The molecule has 6 heavy (non-hydrogen) atoms. The molecule has 2 N–H and O–H groups in total. The second-order valence-corrected chi connectivity index (χ2v) is 2.74. The summed E-state index contributed by atoms with van der Waals surface area (Å²) in [5.74, 6) is 0. The van der Waals surface area contributed by atoms with Gasteiger partial charge in [-0.2, -0.15) is 0 Å². The van der Waals surface area contributed by atoms with Crippen molar-refractivity contribution in [1.29, 1.82) is 0 Å². The Kier molecular flexibility index (Phi) is 6.38. The topological polar surface area (TPSA) is 57.5 Å². The van der Waals surface area contributed by atoms with Gasteiger partial charge >= 0.3 is 6.95 Å². The normalized spacial score (nSPS) is 9.83. The quantitative estimate of drug-likeness (QED) is 0.613. The number of hydrogen-bond acceptors (Lipinski definition) is 1. The fourth-order valence-electron chi connectivity index (χ4n) is 0. The third kappa shape index (κ3) is 45.3. The second kappa shape index (κ2) is 3.61. The summed E-state index contributed by atoms with van der Waals surface area (Å²) >= 11 is 4.20. The third-order valence-electron chi connectivity index (χ3n) is 0. The molecule has 0 heterocycles. The molecule has 0 fully saturated rings. The minimum absolute atomic E-state index is 0. The maximum absolute atomic E-state index is 9.09. The molecule has 35 valence electrons. The van der Waals surface area contributed by atoms with E-state index >= 15 is 0 Å². The fourth-order valence-corrected chi connectivity index (χ4v) is 0. The van der Waals surface area contributed by atoms with Gasteiger partial charge in [0.05, 0.1) is 0 Å². The molecule has 0 aromatic carbocycles. The molecule has 0 aliphatic rings. The van der Waals surface area contributed by atoms with Crippen LogP contribution in [0, 0.1) is 35.6 Å². The van der Waals surface area contributed by atoms with Crippen molar-refractivity contribution in [3.63, 3.8) is 0 Å². The van der Waals surface area contributed by atoms with E-state index in [0.29, 0.717) is 0 Å². The Bertz CT molecular complexity index is 56.9. The Hall–Kier alpha value is 1.63. The van der Waals surface area contributed by atoms with Crippen LogP contribution >= 0.6 is 18.2 Å². The molecule has 0 aromatic heterocycles. The first kappa shape index (κ1) is 10.6. The first-order chi connectivity index (χ1) is 2.00. The Labute approximate surface area is 67.6 Å². The van der Waals surface area contributed by atoms with Crippen molar-refractivity contribution in [2.24, 2.45) is 0 Å². The molecule has 0 atom stereocenters. The van der Waals surface area contributed by atoms with Crippen molar-refractivity contribution in [2.75, 3.05) is 0 Å². The first-order valence-corrected chi connectivity index (χ1v) is 3.27. The molecule has 0 amide bonds. The van der Waals surface area contributed by atoms with Crippen LogP contribution in [0.15, 0.2) is 0 Å². The molecule has 3 nitrogen and oxygen atoms in total. The van der Waals surface area contributed by atoms with Gasteiger partial charge in [0.2, 0.25) is 0 Å². The molecular weight excluding hydrogens is 253 g/mol. The summed E-state index contributed by atoms with van der Waals surface area (Å²) in [6.07, 6.45) is 0. The molecule has 0 aliphatic carbocycles. The smallest absolute Gasteiger partial charge is 0.313 e. The molecule has 0 spiro atoms. The minimum Gasteiger partial charge on any atom is -0.313 e. The van der Waals surface area contributed by atoms with Gasteiger partial charge in [-0.05, 0) is 0 Å². The van der Waals surface area contributed by atoms with Crippen LogP contribution in [0.2, 0.25) is 0 Å². The van der Waals surface area contributed by atoms with Crippen LogP contribution in [-0.2, 0) is 4.57 Å². The molecule has 0 aromatic rings. The van der Waals surface area contributed by atoms with Gasteiger partial charge in [-0.3, -0.25) is 0 Å². The molecule has 6 heteroatoms. The number of rotatable bonds is 0. The van der Waals surface area contributed by atoms with Crippen LogP contribution in [0.5, 0.6) is 0 Å². The molecule has 0 unspecified atom stereocenters. The predicted molar refractivity (Wildman–Crippen MR) is 17.9 cm³/mol. The Balaban J connectivity index is 0. The summed E-state index contributed by atoms with van der Waals surface area (Å²) in [5, 5.41) is 0. The molecule has 0 rings (SSSR count). The van der Waals surface area contributed by atoms with E-state index in [9.17, 15) is 0 Å². The van der Waals surface area contributed by atoms with Crippen molar-refractivity contribution in [1.82, 2.24) is 0 Å². The molecule has 0 aliphatic heterocycles. The van der Waals surface area contributed by atoms with Crippen LogP contribution in [-0.4, -0.2) is 9.79 Å². The fraction of sp³-hybridized carbons (Fsp3) is 0. The maximum atomic E-state index is 9.09. The zero-order valence-corrected chi connectivity index (χ0v) is 7.98. The standard InChI is InChI=1S/ClH2O3P.La/c1-5(2,3)4;/h(H2,2,3,4);. The largest absolute Gasteiger partial charge is 0.419 e. The van der Waals surface area contributed by atoms with Crippen molar-refractivity contribution in [3.8, 4) is 0 Å². The van der Waals surface area contributed by atoms with Gasteiger partial charge in [-0.1, -0.05) is 0 Å². The van der Waals surface area contributed by atoms with Gasteiger partial charge in [0.15, 0.2) is 0 Å².